The molecule has 0 bridgehead atoms. The minimum absolute atomic E-state index is 0.141. The Morgan fingerprint density at radius 3 is 2.41 bits per heavy atom. The largest absolute Gasteiger partial charge is 0.524 e. The van der Waals surface area contributed by atoms with E-state index >= 15 is 0 Å². The summed E-state index contributed by atoms with van der Waals surface area (Å²) in [5.74, 6) is -0.589. The van der Waals surface area contributed by atoms with Gasteiger partial charge in [-0.2, -0.15) is 4.79 Å². The minimum atomic E-state index is -1.09. The second kappa shape index (κ2) is 5.25. The number of amides is 1. The molecule has 1 atom stereocenters. The summed E-state index contributed by atoms with van der Waals surface area (Å²) in [6.45, 7) is 9.27. The van der Waals surface area contributed by atoms with Crippen LogP contribution < -0.4 is 4.48 Å². The number of aryl methyl sites for hydroxylation is 1. The third-order valence-corrected chi connectivity index (χ3v) is 3.98. The summed E-state index contributed by atoms with van der Waals surface area (Å²) in [6.07, 6.45) is 0.550. The van der Waals surface area contributed by atoms with E-state index in [0.29, 0.717) is 5.69 Å². The van der Waals surface area contributed by atoms with E-state index in [1.807, 2.05) is 39.8 Å². The van der Waals surface area contributed by atoms with Crippen LogP contribution in [0.1, 0.15) is 38.8 Å². The molecule has 1 aliphatic rings. The summed E-state index contributed by atoms with van der Waals surface area (Å²) < 4.78 is 4.55. The fourth-order valence-electron chi connectivity index (χ4n) is 3.09. The highest BCUT2D eigenvalue weighted by molar-refractivity contribution is 6.08. The predicted octanol–water partition coefficient (Wildman–Crippen LogP) is 3.70. The van der Waals surface area contributed by atoms with E-state index in [4.69, 9.17) is 4.74 Å². The molecule has 0 saturated heterocycles. The molecule has 1 aromatic rings. The van der Waals surface area contributed by atoms with Gasteiger partial charge in [-0.1, -0.05) is 11.6 Å². The Morgan fingerprint density at radius 2 is 1.91 bits per heavy atom. The molecule has 2 rings (SSSR count). The van der Waals surface area contributed by atoms with E-state index in [-0.39, 0.29) is 12.3 Å². The number of carbonyl (C=O) groups excluding carboxylic acids is 1. The number of carboxylic acid groups (broad SMARTS) is 1. The van der Waals surface area contributed by atoms with Crippen LogP contribution in [0.5, 0.6) is 0 Å². The number of quaternary nitrogens is 1. The molecule has 0 spiro atoms. The number of benzene rings is 1. The molecule has 5 heteroatoms. The number of hydrogen-bond donors (Lipinski definition) is 1. The monoisotopic (exact) mass is 304 g/mol. The zero-order valence-electron chi connectivity index (χ0n) is 13.6. The summed E-state index contributed by atoms with van der Waals surface area (Å²) in [7, 11) is 0. The molecule has 5 nitrogen and oxygen atoms in total. The molecule has 0 aliphatic carbocycles. The van der Waals surface area contributed by atoms with Gasteiger partial charge in [0.2, 0.25) is 5.70 Å². The first-order chi connectivity index (χ1) is 10.2. The summed E-state index contributed by atoms with van der Waals surface area (Å²) >= 11 is 0. The summed E-state index contributed by atoms with van der Waals surface area (Å²) in [6, 6.07) is 5.54. The van der Waals surface area contributed by atoms with Crippen LogP contribution in [0.25, 0.3) is 6.08 Å². The zero-order chi connectivity index (χ0) is 16.7. The number of fused-ring (bicyclic) bond motifs is 1. The summed E-state index contributed by atoms with van der Waals surface area (Å²) in [5, 5.41) is 10.0. The highest BCUT2D eigenvalue weighted by Gasteiger charge is 2.60. The maximum absolute atomic E-state index is 12.4. The van der Waals surface area contributed by atoms with Crippen molar-refractivity contribution in [2.75, 3.05) is 6.61 Å². The fraction of sp³-hybridized carbons (Fsp3) is 0.412. The number of esters is 1. The standard InChI is InChI=1S/C17H21NO4/c1-6-22-15(19)14-10-12-9-11(2)7-8-13(12)18(14,16(20)21)17(3,4)5/h7-10H,6H2,1-5H3/p+1. The Labute approximate surface area is 130 Å². The first-order valence-electron chi connectivity index (χ1n) is 7.29. The Kier molecular flexibility index (Phi) is 3.87. The highest BCUT2D eigenvalue weighted by Crippen LogP contribution is 2.47. The van der Waals surface area contributed by atoms with Crippen molar-refractivity contribution >= 4 is 23.8 Å². The van der Waals surface area contributed by atoms with E-state index in [2.05, 4.69) is 0 Å². The first kappa shape index (κ1) is 16.2. The lowest BCUT2D eigenvalue weighted by atomic mass is 9.99. The Bertz CT molecular complexity index is 670. The highest BCUT2D eigenvalue weighted by atomic mass is 16.5. The molecule has 22 heavy (non-hydrogen) atoms. The minimum Gasteiger partial charge on any atom is -0.458 e. The Hall–Kier alpha value is -2.14. The van der Waals surface area contributed by atoms with E-state index in [1.54, 1.807) is 19.1 Å². The van der Waals surface area contributed by atoms with Gasteiger partial charge in [0.05, 0.1) is 6.61 Å². The van der Waals surface area contributed by atoms with E-state index in [0.717, 1.165) is 11.1 Å². The molecule has 118 valence electrons. The molecule has 1 aromatic carbocycles. The van der Waals surface area contributed by atoms with Crippen molar-refractivity contribution in [3.63, 3.8) is 0 Å². The van der Waals surface area contributed by atoms with Gasteiger partial charge in [-0.05, 0) is 40.7 Å². The molecule has 0 fully saturated rings. The molecular formula is C17H22NO4+. The first-order valence-corrected chi connectivity index (χ1v) is 7.29. The lowest BCUT2D eigenvalue weighted by molar-refractivity contribution is -0.140. The van der Waals surface area contributed by atoms with Crippen LogP contribution in [-0.4, -0.2) is 29.3 Å². The summed E-state index contributed by atoms with van der Waals surface area (Å²) in [4.78, 5) is 24.7. The average Bonchev–Trinajstić information content (AvgIpc) is 2.73. The van der Waals surface area contributed by atoms with Gasteiger partial charge in [-0.25, -0.2) is 4.79 Å². The van der Waals surface area contributed by atoms with Crippen LogP contribution in [-0.2, 0) is 9.53 Å². The van der Waals surface area contributed by atoms with Crippen LogP contribution in [0.3, 0.4) is 0 Å². The smallest absolute Gasteiger partial charge is 0.458 e. The van der Waals surface area contributed by atoms with Crippen molar-refractivity contribution in [3.8, 4) is 0 Å². The SMILES string of the molecule is CCOC(=O)C1=Cc2cc(C)ccc2[N+]1(C(=O)O)C(C)(C)C. The van der Waals surface area contributed by atoms with Crippen molar-refractivity contribution < 1.29 is 19.4 Å². The number of nitrogens with zero attached hydrogens (tertiary/aromatic N) is 1. The van der Waals surface area contributed by atoms with Gasteiger partial charge >= 0.3 is 12.1 Å². The van der Waals surface area contributed by atoms with Gasteiger partial charge in [0, 0.05) is 17.7 Å². The number of carbonyl (C=O) groups is 2. The van der Waals surface area contributed by atoms with Crippen LogP contribution >= 0.6 is 0 Å². The van der Waals surface area contributed by atoms with Crippen LogP contribution in [0.15, 0.2) is 23.9 Å². The average molecular weight is 304 g/mol. The molecule has 1 aliphatic heterocycles. The molecule has 1 amide bonds. The summed E-state index contributed by atoms with van der Waals surface area (Å²) in [5.41, 5.74) is 1.75. The third kappa shape index (κ3) is 2.13. The predicted molar refractivity (Wildman–Crippen MR) is 85.4 cm³/mol. The Balaban J connectivity index is 2.79. The molecular weight excluding hydrogens is 282 g/mol. The van der Waals surface area contributed by atoms with Gasteiger partial charge in [0.15, 0.2) is 5.69 Å². The topological polar surface area (TPSA) is 63.6 Å². The quantitative estimate of drug-likeness (QED) is 0.668. The van der Waals surface area contributed by atoms with Crippen molar-refractivity contribution in [1.82, 2.24) is 4.48 Å². The van der Waals surface area contributed by atoms with Crippen LogP contribution in [0.2, 0.25) is 0 Å². The van der Waals surface area contributed by atoms with Crippen LogP contribution in [0, 0.1) is 6.92 Å². The van der Waals surface area contributed by atoms with Gasteiger partial charge in [-0.3, -0.25) is 0 Å². The number of rotatable bonds is 2. The third-order valence-electron chi connectivity index (χ3n) is 3.98. The lowest BCUT2D eigenvalue weighted by Gasteiger charge is -2.40. The second-order valence-corrected chi connectivity index (χ2v) is 6.44. The van der Waals surface area contributed by atoms with Crippen molar-refractivity contribution in [2.24, 2.45) is 0 Å². The van der Waals surface area contributed by atoms with Gasteiger partial charge in [-0.15, -0.1) is 4.48 Å². The lowest BCUT2D eigenvalue weighted by Crippen LogP contribution is -2.64. The molecule has 1 N–H and O–H groups in total. The van der Waals surface area contributed by atoms with Gasteiger partial charge < -0.3 is 9.84 Å². The van der Waals surface area contributed by atoms with Crippen molar-refractivity contribution in [3.05, 3.63) is 35.0 Å². The second-order valence-electron chi connectivity index (χ2n) is 6.44. The maximum Gasteiger partial charge on any atom is 0.524 e. The van der Waals surface area contributed by atoms with Crippen molar-refractivity contribution in [2.45, 2.75) is 40.2 Å². The molecule has 0 aromatic heterocycles. The van der Waals surface area contributed by atoms with Gasteiger partial charge in [0.1, 0.15) is 5.54 Å². The molecule has 0 radical (unpaired) electrons. The van der Waals surface area contributed by atoms with E-state index in [1.165, 1.54) is 0 Å². The van der Waals surface area contributed by atoms with Crippen molar-refractivity contribution in [1.29, 1.82) is 0 Å². The maximum atomic E-state index is 12.4. The normalized spacial score (nSPS) is 20.3. The number of hydrogen-bond acceptors (Lipinski definition) is 3. The molecule has 0 saturated carbocycles. The Morgan fingerprint density at radius 1 is 1.27 bits per heavy atom. The van der Waals surface area contributed by atoms with E-state index < -0.39 is 22.1 Å². The molecule has 1 heterocycles. The van der Waals surface area contributed by atoms with Crippen LogP contribution in [0.4, 0.5) is 10.5 Å². The van der Waals surface area contributed by atoms with E-state index in [9.17, 15) is 14.7 Å². The fourth-order valence-corrected chi connectivity index (χ4v) is 3.09. The zero-order valence-corrected chi connectivity index (χ0v) is 13.6. The molecule has 1 unspecified atom stereocenters. The van der Waals surface area contributed by atoms with Gasteiger partial charge in [0.25, 0.3) is 0 Å². The number of ether oxygens (including phenoxy) is 1.